The lowest BCUT2D eigenvalue weighted by molar-refractivity contribution is 0.856. The van der Waals surface area contributed by atoms with Crippen LogP contribution in [0.5, 0.6) is 0 Å². The van der Waals surface area contributed by atoms with Crippen LogP contribution in [-0.2, 0) is 0 Å². The van der Waals surface area contributed by atoms with E-state index in [0.717, 1.165) is 30.0 Å². The van der Waals surface area contributed by atoms with Crippen molar-refractivity contribution in [3.63, 3.8) is 0 Å². The summed E-state index contributed by atoms with van der Waals surface area (Å²) in [7, 11) is 0. The Kier molecular flexibility index (Phi) is 3.64. The molecule has 0 bridgehead atoms. The number of rotatable bonds is 4. The second-order valence-electron chi connectivity index (χ2n) is 3.87. The van der Waals surface area contributed by atoms with Crippen LogP contribution in [0.1, 0.15) is 19.0 Å². The molecule has 0 atom stereocenters. The van der Waals surface area contributed by atoms with Gasteiger partial charge in [-0.05, 0) is 19.4 Å². The Morgan fingerprint density at radius 3 is 2.88 bits per heavy atom. The smallest absolute Gasteiger partial charge is 0.0850 e. The molecule has 0 radical (unpaired) electrons. The molecule has 0 aliphatic rings. The zero-order chi connectivity index (χ0) is 12.3. The van der Waals surface area contributed by atoms with E-state index in [2.05, 4.69) is 22.3 Å². The fraction of sp³-hybridized carbons (Fsp3) is 0.333. The number of nitrogens with one attached hydrogen (secondary N) is 1. The van der Waals surface area contributed by atoms with E-state index in [-0.39, 0.29) is 0 Å². The van der Waals surface area contributed by atoms with Crippen molar-refractivity contribution in [1.29, 1.82) is 0 Å². The van der Waals surface area contributed by atoms with Gasteiger partial charge in [-0.1, -0.05) is 18.5 Å². The molecule has 0 fully saturated rings. The maximum atomic E-state index is 5.98. The maximum Gasteiger partial charge on any atom is 0.0850 e. The first-order valence-corrected chi connectivity index (χ1v) is 5.99. The summed E-state index contributed by atoms with van der Waals surface area (Å²) in [6.45, 7) is 4.94. The van der Waals surface area contributed by atoms with Gasteiger partial charge in [0.1, 0.15) is 0 Å². The van der Waals surface area contributed by atoms with Crippen LogP contribution in [0.4, 0.5) is 5.69 Å². The number of pyridine rings is 1. The summed E-state index contributed by atoms with van der Waals surface area (Å²) in [5, 5.41) is 8.27. The molecule has 2 aromatic rings. The molecule has 0 unspecified atom stereocenters. The van der Waals surface area contributed by atoms with Gasteiger partial charge in [0.15, 0.2) is 0 Å². The number of halogens is 1. The molecule has 2 heterocycles. The third-order valence-corrected chi connectivity index (χ3v) is 2.78. The second-order valence-corrected chi connectivity index (χ2v) is 4.27. The number of aryl methyl sites for hydroxylation is 1. The highest BCUT2D eigenvalue weighted by Crippen LogP contribution is 2.17. The molecule has 1 N–H and O–H groups in total. The van der Waals surface area contributed by atoms with Crippen LogP contribution in [0.2, 0.25) is 5.02 Å². The monoisotopic (exact) mass is 250 g/mol. The highest BCUT2D eigenvalue weighted by atomic mass is 35.5. The molecule has 0 aromatic carbocycles. The van der Waals surface area contributed by atoms with Crippen molar-refractivity contribution in [3.8, 4) is 5.69 Å². The molecule has 0 saturated heterocycles. The largest absolute Gasteiger partial charge is 0.384 e. The van der Waals surface area contributed by atoms with Gasteiger partial charge in [-0.15, -0.1) is 0 Å². The molecular formula is C12H15ClN4. The summed E-state index contributed by atoms with van der Waals surface area (Å²) in [6, 6.07) is 2.01. The van der Waals surface area contributed by atoms with Gasteiger partial charge >= 0.3 is 0 Å². The number of aromatic nitrogens is 3. The lowest BCUT2D eigenvalue weighted by atomic mass is 10.3. The second kappa shape index (κ2) is 5.19. The van der Waals surface area contributed by atoms with Crippen LogP contribution in [0.15, 0.2) is 24.7 Å². The fourth-order valence-corrected chi connectivity index (χ4v) is 1.62. The Morgan fingerprint density at radius 1 is 1.41 bits per heavy atom. The summed E-state index contributed by atoms with van der Waals surface area (Å²) in [5.74, 6) is 0. The van der Waals surface area contributed by atoms with E-state index in [1.165, 1.54) is 0 Å². The Balaban J connectivity index is 2.26. The quantitative estimate of drug-likeness (QED) is 0.907. The van der Waals surface area contributed by atoms with Crippen LogP contribution >= 0.6 is 11.6 Å². The topological polar surface area (TPSA) is 42.7 Å². The molecule has 0 spiro atoms. The fourth-order valence-electron chi connectivity index (χ4n) is 1.49. The van der Waals surface area contributed by atoms with E-state index in [1.54, 1.807) is 23.3 Å². The molecule has 2 rings (SSSR count). The van der Waals surface area contributed by atoms with Crippen molar-refractivity contribution < 1.29 is 0 Å². The highest BCUT2D eigenvalue weighted by molar-refractivity contribution is 6.31. The van der Waals surface area contributed by atoms with E-state index < -0.39 is 0 Å². The molecule has 0 aliphatic carbocycles. The SMILES string of the molecule is CCCNc1cncc(-n2cc(Cl)c(C)n2)c1. The van der Waals surface area contributed by atoms with E-state index in [1.807, 2.05) is 13.0 Å². The molecule has 5 heteroatoms. The normalized spacial score (nSPS) is 10.5. The molecular weight excluding hydrogens is 236 g/mol. The zero-order valence-corrected chi connectivity index (χ0v) is 10.7. The third-order valence-electron chi connectivity index (χ3n) is 2.41. The van der Waals surface area contributed by atoms with Crippen LogP contribution in [-0.4, -0.2) is 21.3 Å². The maximum absolute atomic E-state index is 5.98. The molecule has 90 valence electrons. The van der Waals surface area contributed by atoms with E-state index >= 15 is 0 Å². The van der Waals surface area contributed by atoms with Crippen LogP contribution < -0.4 is 5.32 Å². The van der Waals surface area contributed by atoms with Crippen molar-refractivity contribution in [2.75, 3.05) is 11.9 Å². The van der Waals surface area contributed by atoms with Crippen molar-refractivity contribution in [1.82, 2.24) is 14.8 Å². The molecule has 0 saturated carbocycles. The molecule has 4 nitrogen and oxygen atoms in total. The van der Waals surface area contributed by atoms with E-state index in [0.29, 0.717) is 5.02 Å². The van der Waals surface area contributed by atoms with Gasteiger partial charge in [-0.2, -0.15) is 5.10 Å². The van der Waals surface area contributed by atoms with Gasteiger partial charge in [-0.3, -0.25) is 4.98 Å². The molecule has 0 amide bonds. The minimum atomic E-state index is 0.664. The average molecular weight is 251 g/mol. The van der Waals surface area contributed by atoms with Crippen molar-refractivity contribution >= 4 is 17.3 Å². The summed E-state index contributed by atoms with van der Waals surface area (Å²) in [4.78, 5) is 4.19. The predicted molar refractivity (Wildman–Crippen MR) is 69.9 cm³/mol. The Bertz CT molecular complexity index is 487. The van der Waals surface area contributed by atoms with E-state index in [9.17, 15) is 0 Å². The first-order valence-electron chi connectivity index (χ1n) is 5.61. The Morgan fingerprint density at radius 2 is 2.24 bits per heavy atom. The molecule has 0 aliphatic heterocycles. The number of hydrogen-bond donors (Lipinski definition) is 1. The van der Waals surface area contributed by atoms with Crippen LogP contribution in [0.3, 0.4) is 0 Å². The third kappa shape index (κ3) is 2.77. The van der Waals surface area contributed by atoms with Gasteiger partial charge in [0.2, 0.25) is 0 Å². The molecule has 17 heavy (non-hydrogen) atoms. The number of anilines is 1. The molecule has 2 aromatic heterocycles. The van der Waals surface area contributed by atoms with Crippen molar-refractivity contribution in [2.45, 2.75) is 20.3 Å². The summed E-state index contributed by atoms with van der Waals surface area (Å²) in [5.41, 5.74) is 2.72. The zero-order valence-electron chi connectivity index (χ0n) is 9.94. The first kappa shape index (κ1) is 11.9. The van der Waals surface area contributed by atoms with Gasteiger partial charge < -0.3 is 5.32 Å². The standard InChI is InChI=1S/C12H15ClN4/c1-3-4-15-10-5-11(7-14-6-10)17-8-12(13)9(2)16-17/h5-8,15H,3-4H2,1-2H3. The number of hydrogen-bond acceptors (Lipinski definition) is 3. The lowest BCUT2D eigenvalue weighted by Crippen LogP contribution is -2.02. The van der Waals surface area contributed by atoms with Crippen molar-refractivity contribution in [2.24, 2.45) is 0 Å². The van der Waals surface area contributed by atoms with Crippen molar-refractivity contribution in [3.05, 3.63) is 35.4 Å². The minimum Gasteiger partial charge on any atom is -0.384 e. The van der Waals surface area contributed by atoms with Gasteiger partial charge in [0, 0.05) is 12.7 Å². The number of nitrogens with zero attached hydrogens (tertiary/aromatic N) is 3. The van der Waals surface area contributed by atoms with Gasteiger partial charge in [0.05, 0.1) is 34.5 Å². The minimum absolute atomic E-state index is 0.664. The predicted octanol–water partition coefficient (Wildman–Crippen LogP) is 3.05. The van der Waals surface area contributed by atoms with Crippen LogP contribution in [0, 0.1) is 6.92 Å². The average Bonchev–Trinajstić information content (AvgIpc) is 2.68. The first-order chi connectivity index (χ1) is 8.20. The highest BCUT2D eigenvalue weighted by Gasteiger charge is 2.04. The Labute approximate surface area is 106 Å². The van der Waals surface area contributed by atoms with Crippen LogP contribution in [0.25, 0.3) is 5.69 Å². The van der Waals surface area contributed by atoms with Gasteiger partial charge in [-0.25, -0.2) is 4.68 Å². The summed E-state index contributed by atoms with van der Waals surface area (Å²) < 4.78 is 1.74. The van der Waals surface area contributed by atoms with Gasteiger partial charge in [0.25, 0.3) is 0 Å². The Hall–Kier alpha value is -1.55. The van der Waals surface area contributed by atoms with E-state index in [4.69, 9.17) is 11.6 Å². The lowest BCUT2D eigenvalue weighted by Gasteiger charge is -2.06. The summed E-state index contributed by atoms with van der Waals surface area (Å²) in [6.07, 6.45) is 6.44. The summed E-state index contributed by atoms with van der Waals surface area (Å²) >= 11 is 5.98.